The standard InChI is InChI=1S/C14H30N2O/c1-4-14(5-2)15-8-9-16(3)10-11-17-12-13-6-7-13/h13-15H,4-12H2,1-3H3. The summed E-state index contributed by atoms with van der Waals surface area (Å²) in [4.78, 5) is 2.35. The third-order valence-corrected chi connectivity index (χ3v) is 3.58. The molecule has 0 aliphatic heterocycles. The Morgan fingerprint density at radius 1 is 1.24 bits per heavy atom. The van der Waals surface area contributed by atoms with Crippen LogP contribution in [-0.4, -0.2) is 50.8 Å². The minimum atomic E-state index is 0.689. The Hall–Kier alpha value is -0.120. The van der Waals surface area contributed by atoms with E-state index in [-0.39, 0.29) is 0 Å². The van der Waals surface area contributed by atoms with Crippen LogP contribution in [0.1, 0.15) is 39.5 Å². The number of hydrogen-bond donors (Lipinski definition) is 1. The zero-order valence-corrected chi connectivity index (χ0v) is 11.9. The van der Waals surface area contributed by atoms with Crippen LogP contribution in [-0.2, 0) is 4.74 Å². The first-order valence-electron chi connectivity index (χ1n) is 7.25. The maximum absolute atomic E-state index is 5.64. The largest absolute Gasteiger partial charge is 0.380 e. The van der Waals surface area contributed by atoms with Crippen LogP contribution in [0.3, 0.4) is 0 Å². The van der Waals surface area contributed by atoms with Crippen LogP contribution in [0.25, 0.3) is 0 Å². The molecule has 1 aliphatic carbocycles. The van der Waals surface area contributed by atoms with E-state index in [1.807, 2.05) is 0 Å². The number of nitrogens with one attached hydrogen (secondary N) is 1. The summed E-state index contributed by atoms with van der Waals surface area (Å²) in [6.45, 7) is 9.62. The van der Waals surface area contributed by atoms with Crippen LogP contribution < -0.4 is 5.32 Å². The lowest BCUT2D eigenvalue weighted by Crippen LogP contribution is -2.36. The van der Waals surface area contributed by atoms with Gasteiger partial charge in [-0.2, -0.15) is 0 Å². The van der Waals surface area contributed by atoms with Crippen molar-refractivity contribution in [2.45, 2.75) is 45.6 Å². The molecule has 0 spiro atoms. The lowest BCUT2D eigenvalue weighted by atomic mass is 10.2. The minimum Gasteiger partial charge on any atom is -0.380 e. The molecule has 0 unspecified atom stereocenters. The van der Waals surface area contributed by atoms with Gasteiger partial charge in [0, 0.05) is 32.3 Å². The fourth-order valence-corrected chi connectivity index (χ4v) is 1.90. The zero-order valence-electron chi connectivity index (χ0n) is 11.9. The van der Waals surface area contributed by atoms with E-state index in [0.29, 0.717) is 6.04 Å². The molecule has 1 fully saturated rings. The zero-order chi connectivity index (χ0) is 12.5. The van der Waals surface area contributed by atoms with E-state index in [0.717, 1.165) is 38.8 Å². The summed E-state index contributed by atoms with van der Waals surface area (Å²) in [5.74, 6) is 0.886. The van der Waals surface area contributed by atoms with E-state index in [1.54, 1.807) is 0 Å². The van der Waals surface area contributed by atoms with Crippen molar-refractivity contribution < 1.29 is 4.74 Å². The normalized spacial score (nSPS) is 16.1. The van der Waals surface area contributed by atoms with Crippen molar-refractivity contribution in [2.24, 2.45) is 5.92 Å². The first-order valence-corrected chi connectivity index (χ1v) is 7.25. The molecule has 0 heterocycles. The van der Waals surface area contributed by atoms with Crippen molar-refractivity contribution in [1.29, 1.82) is 0 Å². The van der Waals surface area contributed by atoms with E-state index >= 15 is 0 Å². The third-order valence-electron chi connectivity index (χ3n) is 3.58. The average molecular weight is 242 g/mol. The van der Waals surface area contributed by atoms with Gasteiger partial charge in [-0.15, -0.1) is 0 Å². The van der Waals surface area contributed by atoms with Crippen molar-refractivity contribution >= 4 is 0 Å². The van der Waals surface area contributed by atoms with E-state index in [2.05, 4.69) is 31.1 Å². The molecule has 1 aliphatic rings. The Bertz CT molecular complexity index is 179. The summed E-state index contributed by atoms with van der Waals surface area (Å²) < 4.78 is 5.64. The summed E-state index contributed by atoms with van der Waals surface area (Å²) in [5, 5.41) is 3.59. The molecule has 0 saturated heterocycles. The highest BCUT2D eigenvalue weighted by Gasteiger charge is 2.20. The van der Waals surface area contributed by atoms with Gasteiger partial charge >= 0.3 is 0 Å². The molecule has 0 aromatic heterocycles. The number of hydrogen-bond acceptors (Lipinski definition) is 3. The van der Waals surface area contributed by atoms with Crippen molar-refractivity contribution in [3.63, 3.8) is 0 Å². The summed E-state index contributed by atoms with van der Waals surface area (Å²) in [6, 6.07) is 0.689. The SMILES string of the molecule is CCC(CC)NCCN(C)CCOCC1CC1. The average Bonchev–Trinajstić information content (AvgIpc) is 3.14. The Kier molecular flexibility index (Phi) is 7.82. The van der Waals surface area contributed by atoms with E-state index in [9.17, 15) is 0 Å². The molecule has 0 aromatic carbocycles. The highest BCUT2D eigenvalue weighted by atomic mass is 16.5. The second-order valence-corrected chi connectivity index (χ2v) is 5.29. The Morgan fingerprint density at radius 3 is 2.53 bits per heavy atom. The van der Waals surface area contributed by atoms with Crippen LogP contribution in [0.4, 0.5) is 0 Å². The van der Waals surface area contributed by atoms with E-state index in [1.165, 1.54) is 25.7 Å². The first-order chi connectivity index (χ1) is 8.26. The van der Waals surface area contributed by atoms with Gasteiger partial charge in [-0.3, -0.25) is 0 Å². The van der Waals surface area contributed by atoms with Gasteiger partial charge in [-0.25, -0.2) is 0 Å². The highest BCUT2D eigenvalue weighted by Crippen LogP contribution is 2.28. The lowest BCUT2D eigenvalue weighted by Gasteiger charge is -2.20. The summed E-state index contributed by atoms with van der Waals surface area (Å²) in [5.41, 5.74) is 0. The molecule has 1 saturated carbocycles. The molecule has 1 N–H and O–H groups in total. The molecule has 3 nitrogen and oxygen atoms in total. The molecule has 1 rings (SSSR count). The van der Waals surface area contributed by atoms with Crippen molar-refractivity contribution in [2.75, 3.05) is 39.9 Å². The molecule has 0 bridgehead atoms. The maximum Gasteiger partial charge on any atom is 0.0593 e. The molecule has 102 valence electrons. The van der Waals surface area contributed by atoms with E-state index < -0.39 is 0 Å². The van der Waals surface area contributed by atoms with Crippen LogP contribution in [0, 0.1) is 5.92 Å². The summed E-state index contributed by atoms with van der Waals surface area (Å²) in [6.07, 6.45) is 5.22. The Labute approximate surface area is 107 Å². The molecule has 0 amide bonds. The van der Waals surface area contributed by atoms with Gasteiger partial charge in [-0.05, 0) is 38.6 Å². The molecular formula is C14H30N2O. The van der Waals surface area contributed by atoms with Gasteiger partial charge in [0.1, 0.15) is 0 Å². The van der Waals surface area contributed by atoms with Gasteiger partial charge in [-0.1, -0.05) is 13.8 Å². The summed E-state index contributed by atoms with van der Waals surface area (Å²) >= 11 is 0. The minimum absolute atomic E-state index is 0.689. The number of ether oxygens (including phenoxy) is 1. The quantitative estimate of drug-likeness (QED) is 0.562. The second kappa shape index (κ2) is 8.90. The summed E-state index contributed by atoms with van der Waals surface area (Å²) in [7, 11) is 2.18. The molecule has 0 aromatic rings. The van der Waals surface area contributed by atoms with Crippen molar-refractivity contribution in [3.8, 4) is 0 Å². The molecular weight excluding hydrogens is 212 g/mol. The molecule has 17 heavy (non-hydrogen) atoms. The fourth-order valence-electron chi connectivity index (χ4n) is 1.90. The lowest BCUT2D eigenvalue weighted by molar-refractivity contribution is 0.103. The topological polar surface area (TPSA) is 24.5 Å². The van der Waals surface area contributed by atoms with Gasteiger partial charge < -0.3 is 15.0 Å². The molecule has 3 heteroatoms. The monoisotopic (exact) mass is 242 g/mol. The predicted octanol–water partition coefficient (Wildman–Crippen LogP) is 2.12. The first kappa shape index (κ1) is 14.9. The van der Waals surface area contributed by atoms with E-state index in [4.69, 9.17) is 4.74 Å². The van der Waals surface area contributed by atoms with Crippen molar-refractivity contribution in [3.05, 3.63) is 0 Å². The van der Waals surface area contributed by atoms with Gasteiger partial charge in [0.05, 0.1) is 6.61 Å². The number of rotatable bonds is 11. The Balaban J connectivity index is 1.87. The smallest absolute Gasteiger partial charge is 0.0593 e. The highest BCUT2D eigenvalue weighted by molar-refractivity contribution is 4.72. The van der Waals surface area contributed by atoms with Crippen LogP contribution in [0.2, 0.25) is 0 Å². The molecule has 0 radical (unpaired) electrons. The van der Waals surface area contributed by atoms with Crippen LogP contribution >= 0.6 is 0 Å². The fraction of sp³-hybridized carbons (Fsp3) is 1.00. The Morgan fingerprint density at radius 2 is 1.94 bits per heavy atom. The van der Waals surface area contributed by atoms with Crippen LogP contribution in [0.5, 0.6) is 0 Å². The predicted molar refractivity (Wildman–Crippen MR) is 73.4 cm³/mol. The van der Waals surface area contributed by atoms with Crippen LogP contribution in [0.15, 0.2) is 0 Å². The number of likely N-dealkylation sites (N-methyl/N-ethyl adjacent to an activating group) is 1. The molecule has 0 atom stereocenters. The van der Waals surface area contributed by atoms with Gasteiger partial charge in [0.25, 0.3) is 0 Å². The third kappa shape index (κ3) is 7.74. The maximum atomic E-state index is 5.64. The van der Waals surface area contributed by atoms with Crippen molar-refractivity contribution in [1.82, 2.24) is 10.2 Å². The number of nitrogens with zero attached hydrogens (tertiary/aromatic N) is 1. The van der Waals surface area contributed by atoms with Gasteiger partial charge in [0.2, 0.25) is 0 Å². The second-order valence-electron chi connectivity index (χ2n) is 5.29. The van der Waals surface area contributed by atoms with Gasteiger partial charge in [0.15, 0.2) is 0 Å².